The lowest BCUT2D eigenvalue weighted by atomic mass is 9.95. The van der Waals surface area contributed by atoms with Crippen molar-refractivity contribution in [3.05, 3.63) is 139 Å². The number of furan rings is 2. The summed E-state index contributed by atoms with van der Waals surface area (Å²) in [5, 5.41) is 9.27. The standard InChI is InChI=1S/C43H31NO2/c1-2-15-29(16-3-1)44(37-23-11-22-35-34-21-10-20-31(27-12-4-5-13-27)41(34)46-43(35)37)38-26-39-40(33-19-9-8-18-32(33)38)36-25-24-28-14-6-7-17-30(28)42(36)45-39/h1-3,6-11,14-27H,4-5,12-13H2. The van der Waals surface area contributed by atoms with Crippen LogP contribution in [0.1, 0.15) is 37.2 Å². The number of hydrogen-bond donors (Lipinski definition) is 0. The Balaban J connectivity index is 1.29. The van der Waals surface area contributed by atoms with Crippen molar-refractivity contribution in [1.82, 2.24) is 0 Å². The van der Waals surface area contributed by atoms with Gasteiger partial charge in [0.2, 0.25) is 0 Å². The molecule has 0 radical (unpaired) electrons. The topological polar surface area (TPSA) is 29.5 Å². The molecule has 1 saturated carbocycles. The molecular weight excluding hydrogens is 562 g/mol. The zero-order valence-electron chi connectivity index (χ0n) is 25.4. The zero-order valence-corrected chi connectivity index (χ0v) is 25.4. The van der Waals surface area contributed by atoms with Crippen LogP contribution in [-0.4, -0.2) is 0 Å². The lowest BCUT2D eigenvalue weighted by Crippen LogP contribution is -2.10. The van der Waals surface area contributed by atoms with Gasteiger partial charge in [0.05, 0.1) is 11.4 Å². The number of hydrogen-bond acceptors (Lipinski definition) is 3. The van der Waals surface area contributed by atoms with Crippen LogP contribution in [0.25, 0.3) is 65.4 Å². The van der Waals surface area contributed by atoms with E-state index in [9.17, 15) is 0 Å². The molecule has 0 spiro atoms. The number of nitrogens with zero attached hydrogens (tertiary/aromatic N) is 1. The Hall–Kier alpha value is -5.54. The van der Waals surface area contributed by atoms with E-state index in [1.54, 1.807) is 0 Å². The van der Waals surface area contributed by atoms with Crippen molar-refractivity contribution in [3.8, 4) is 0 Å². The molecule has 1 fully saturated rings. The van der Waals surface area contributed by atoms with Gasteiger partial charge in [-0.05, 0) is 59.4 Å². The maximum atomic E-state index is 6.98. The Morgan fingerprint density at radius 1 is 0.478 bits per heavy atom. The average molecular weight is 594 g/mol. The first-order valence-corrected chi connectivity index (χ1v) is 16.4. The number of fused-ring (bicyclic) bond motifs is 10. The fourth-order valence-corrected chi connectivity index (χ4v) is 8.08. The van der Waals surface area contributed by atoms with Gasteiger partial charge in [0.25, 0.3) is 0 Å². The number of para-hydroxylation sites is 3. The second-order valence-electron chi connectivity index (χ2n) is 12.7. The summed E-state index contributed by atoms with van der Waals surface area (Å²) < 4.78 is 13.8. The molecule has 0 aliphatic heterocycles. The molecule has 1 aliphatic carbocycles. The van der Waals surface area contributed by atoms with Gasteiger partial charge in [0, 0.05) is 44.1 Å². The van der Waals surface area contributed by atoms with Crippen molar-refractivity contribution in [3.63, 3.8) is 0 Å². The molecule has 0 atom stereocenters. The Labute approximate surface area is 266 Å². The Morgan fingerprint density at radius 3 is 2.02 bits per heavy atom. The van der Waals surface area contributed by atoms with E-state index in [2.05, 4.69) is 138 Å². The highest BCUT2D eigenvalue weighted by Gasteiger charge is 2.26. The summed E-state index contributed by atoms with van der Waals surface area (Å²) in [6.07, 6.45) is 5.05. The van der Waals surface area contributed by atoms with Gasteiger partial charge in [-0.2, -0.15) is 0 Å². The van der Waals surface area contributed by atoms with E-state index in [0.29, 0.717) is 5.92 Å². The third-order valence-electron chi connectivity index (χ3n) is 10.2. The van der Waals surface area contributed by atoms with Gasteiger partial charge in [0.15, 0.2) is 5.58 Å². The molecule has 9 aromatic rings. The van der Waals surface area contributed by atoms with Crippen molar-refractivity contribution >= 4 is 82.5 Å². The summed E-state index contributed by atoms with van der Waals surface area (Å²) in [4.78, 5) is 2.35. The lowest BCUT2D eigenvalue weighted by molar-refractivity contribution is 0.643. The van der Waals surface area contributed by atoms with Crippen LogP contribution < -0.4 is 4.90 Å². The highest BCUT2D eigenvalue weighted by atomic mass is 16.3. The van der Waals surface area contributed by atoms with Crippen molar-refractivity contribution in [2.24, 2.45) is 0 Å². The van der Waals surface area contributed by atoms with Gasteiger partial charge in [0.1, 0.15) is 16.7 Å². The largest absolute Gasteiger partial charge is 0.455 e. The van der Waals surface area contributed by atoms with E-state index < -0.39 is 0 Å². The summed E-state index contributed by atoms with van der Waals surface area (Å²) >= 11 is 0. The fourth-order valence-electron chi connectivity index (χ4n) is 8.08. The van der Waals surface area contributed by atoms with Crippen LogP contribution in [0.4, 0.5) is 17.1 Å². The predicted octanol–water partition coefficient (Wildman–Crippen LogP) is 12.9. The van der Waals surface area contributed by atoms with Crippen molar-refractivity contribution < 1.29 is 8.83 Å². The van der Waals surface area contributed by atoms with Gasteiger partial charge in [-0.3, -0.25) is 0 Å². The molecule has 0 amide bonds. The highest BCUT2D eigenvalue weighted by Crippen LogP contribution is 2.49. The van der Waals surface area contributed by atoms with Gasteiger partial charge in [-0.1, -0.05) is 116 Å². The third-order valence-corrected chi connectivity index (χ3v) is 10.2. The Bertz CT molecular complexity index is 2600. The van der Waals surface area contributed by atoms with Crippen LogP contribution in [-0.2, 0) is 0 Å². The van der Waals surface area contributed by atoms with Gasteiger partial charge in [-0.15, -0.1) is 0 Å². The maximum absolute atomic E-state index is 6.98. The minimum Gasteiger partial charge on any atom is -0.455 e. The van der Waals surface area contributed by atoms with E-state index in [0.717, 1.165) is 66.3 Å². The van der Waals surface area contributed by atoms with Gasteiger partial charge >= 0.3 is 0 Å². The Morgan fingerprint density at radius 2 is 1.17 bits per heavy atom. The monoisotopic (exact) mass is 593 g/mol. The van der Waals surface area contributed by atoms with E-state index in [1.807, 2.05) is 0 Å². The van der Waals surface area contributed by atoms with Crippen LogP contribution in [0.3, 0.4) is 0 Å². The van der Waals surface area contributed by atoms with Gasteiger partial charge in [-0.25, -0.2) is 0 Å². The minimum atomic E-state index is 0.563. The first-order valence-electron chi connectivity index (χ1n) is 16.4. The maximum Gasteiger partial charge on any atom is 0.159 e. The molecule has 3 nitrogen and oxygen atoms in total. The number of rotatable bonds is 4. The van der Waals surface area contributed by atoms with Gasteiger partial charge < -0.3 is 13.7 Å². The quantitative estimate of drug-likeness (QED) is 0.203. The van der Waals surface area contributed by atoms with Crippen LogP contribution in [0.15, 0.2) is 142 Å². The molecule has 0 unspecified atom stereocenters. The first-order chi connectivity index (χ1) is 22.8. The predicted molar refractivity (Wildman–Crippen MR) is 192 cm³/mol. The molecule has 2 aromatic heterocycles. The third kappa shape index (κ3) is 3.72. The van der Waals surface area contributed by atoms with Crippen LogP contribution in [0.2, 0.25) is 0 Å². The van der Waals surface area contributed by atoms with E-state index in [1.165, 1.54) is 47.4 Å². The summed E-state index contributed by atoms with van der Waals surface area (Å²) in [6, 6.07) is 47.7. The molecule has 0 saturated heterocycles. The van der Waals surface area contributed by atoms with Crippen molar-refractivity contribution in [2.75, 3.05) is 4.90 Å². The van der Waals surface area contributed by atoms with Crippen LogP contribution in [0.5, 0.6) is 0 Å². The summed E-state index contributed by atoms with van der Waals surface area (Å²) in [5.41, 5.74) is 8.25. The summed E-state index contributed by atoms with van der Waals surface area (Å²) in [6.45, 7) is 0. The smallest absolute Gasteiger partial charge is 0.159 e. The van der Waals surface area contributed by atoms with Crippen LogP contribution >= 0.6 is 0 Å². The van der Waals surface area contributed by atoms with Crippen molar-refractivity contribution in [2.45, 2.75) is 31.6 Å². The van der Waals surface area contributed by atoms with E-state index in [4.69, 9.17) is 8.83 Å². The second-order valence-corrected chi connectivity index (χ2v) is 12.7. The van der Waals surface area contributed by atoms with E-state index >= 15 is 0 Å². The first kappa shape index (κ1) is 25.8. The normalized spacial score (nSPS) is 14.1. The molecule has 0 bridgehead atoms. The molecule has 2 heterocycles. The highest BCUT2D eigenvalue weighted by molar-refractivity contribution is 6.26. The van der Waals surface area contributed by atoms with Crippen LogP contribution in [0, 0.1) is 0 Å². The SMILES string of the molecule is c1ccc(N(c2cc3oc4c5ccccc5ccc4c3c3ccccc23)c2cccc3c2oc2c(C4CCCC4)cccc23)cc1. The molecule has 10 rings (SSSR count). The molecule has 1 aliphatic rings. The lowest BCUT2D eigenvalue weighted by Gasteiger charge is -2.27. The second kappa shape index (κ2) is 9.98. The van der Waals surface area contributed by atoms with Crippen molar-refractivity contribution in [1.29, 1.82) is 0 Å². The molecule has 0 N–H and O–H groups in total. The minimum absolute atomic E-state index is 0.563. The fraction of sp³-hybridized carbons (Fsp3) is 0.116. The molecule has 220 valence electrons. The molecule has 7 aromatic carbocycles. The van der Waals surface area contributed by atoms with E-state index in [-0.39, 0.29) is 0 Å². The Kier molecular flexibility index (Phi) is 5.59. The zero-order chi connectivity index (χ0) is 30.2. The number of benzene rings is 7. The summed E-state index contributed by atoms with van der Waals surface area (Å²) in [7, 11) is 0. The molecule has 46 heavy (non-hydrogen) atoms. The molecule has 3 heteroatoms. The number of anilines is 3. The molecular formula is C43H31NO2. The summed E-state index contributed by atoms with van der Waals surface area (Å²) in [5.74, 6) is 0.563. The average Bonchev–Trinajstić information content (AvgIpc) is 3.87.